The molecule has 0 aliphatic heterocycles. The predicted molar refractivity (Wildman–Crippen MR) is 57.2 cm³/mol. The number of hydrogen-bond acceptors (Lipinski definition) is 2. The highest BCUT2D eigenvalue weighted by molar-refractivity contribution is 5.81. The summed E-state index contributed by atoms with van der Waals surface area (Å²) < 4.78 is 5.42. The highest BCUT2D eigenvalue weighted by Gasteiger charge is 2.25. The van der Waals surface area contributed by atoms with Crippen molar-refractivity contribution >= 4 is 5.78 Å². The van der Waals surface area contributed by atoms with E-state index >= 15 is 0 Å². The van der Waals surface area contributed by atoms with Crippen LogP contribution in [0.3, 0.4) is 0 Å². The second kappa shape index (κ2) is 6.18. The zero-order valence-corrected chi connectivity index (χ0v) is 9.42. The number of Topliss-reactive ketones (excluding diaryl/α,β-unsaturated/α-hetero) is 1. The van der Waals surface area contributed by atoms with Crippen LogP contribution in [0.25, 0.3) is 0 Å². The summed E-state index contributed by atoms with van der Waals surface area (Å²) >= 11 is 0. The third-order valence-corrected chi connectivity index (χ3v) is 2.98. The first-order valence-electron chi connectivity index (χ1n) is 5.84. The van der Waals surface area contributed by atoms with Gasteiger partial charge in [0.1, 0.15) is 5.78 Å². The number of ether oxygens (including phenoxy) is 1. The van der Waals surface area contributed by atoms with Crippen LogP contribution in [0.2, 0.25) is 0 Å². The Hall–Kier alpha value is -0.370. The van der Waals surface area contributed by atoms with E-state index in [9.17, 15) is 4.79 Å². The Morgan fingerprint density at radius 3 is 2.93 bits per heavy atom. The monoisotopic (exact) mass is 198 g/mol. The van der Waals surface area contributed by atoms with E-state index in [-0.39, 0.29) is 5.92 Å². The maximum absolute atomic E-state index is 11.5. The molecule has 1 fully saturated rings. The topological polar surface area (TPSA) is 26.3 Å². The Morgan fingerprint density at radius 2 is 2.21 bits per heavy atom. The van der Waals surface area contributed by atoms with Crippen LogP contribution in [0.5, 0.6) is 0 Å². The van der Waals surface area contributed by atoms with Gasteiger partial charge in [0, 0.05) is 25.6 Å². The summed E-state index contributed by atoms with van der Waals surface area (Å²) in [7, 11) is 0. The lowest BCUT2D eigenvalue weighted by Gasteiger charge is -2.25. The molecule has 1 rings (SSSR count). The SMILES string of the molecule is CCCOCCC1CC(C)CCC1=O. The van der Waals surface area contributed by atoms with Crippen molar-refractivity contribution in [1.82, 2.24) is 0 Å². The van der Waals surface area contributed by atoms with Crippen molar-refractivity contribution in [2.75, 3.05) is 13.2 Å². The molecule has 0 aromatic heterocycles. The van der Waals surface area contributed by atoms with Crippen LogP contribution in [0.15, 0.2) is 0 Å². The number of hydrogen-bond donors (Lipinski definition) is 0. The van der Waals surface area contributed by atoms with Crippen molar-refractivity contribution < 1.29 is 9.53 Å². The third-order valence-electron chi connectivity index (χ3n) is 2.98. The maximum atomic E-state index is 11.5. The minimum Gasteiger partial charge on any atom is -0.381 e. The fraction of sp³-hybridized carbons (Fsp3) is 0.917. The molecule has 82 valence electrons. The standard InChI is InChI=1S/C12H22O2/c1-3-7-14-8-6-11-9-10(2)4-5-12(11)13/h10-11H,3-9H2,1-2H3. The first kappa shape index (κ1) is 11.7. The molecule has 0 saturated heterocycles. The molecule has 14 heavy (non-hydrogen) atoms. The number of rotatable bonds is 5. The molecule has 0 N–H and O–H groups in total. The molecule has 0 bridgehead atoms. The summed E-state index contributed by atoms with van der Waals surface area (Å²) in [6, 6.07) is 0. The van der Waals surface area contributed by atoms with E-state index < -0.39 is 0 Å². The minimum absolute atomic E-state index is 0.288. The lowest BCUT2D eigenvalue weighted by molar-refractivity contribution is -0.126. The predicted octanol–water partition coefficient (Wildman–Crippen LogP) is 2.81. The van der Waals surface area contributed by atoms with Crippen molar-refractivity contribution in [3.8, 4) is 0 Å². The Kier molecular flexibility index (Phi) is 5.16. The number of carbonyl (C=O) groups is 1. The molecule has 0 aromatic carbocycles. The maximum Gasteiger partial charge on any atom is 0.136 e. The average molecular weight is 198 g/mol. The van der Waals surface area contributed by atoms with Crippen LogP contribution in [0, 0.1) is 11.8 Å². The van der Waals surface area contributed by atoms with Crippen molar-refractivity contribution in [3.63, 3.8) is 0 Å². The zero-order valence-electron chi connectivity index (χ0n) is 9.42. The van der Waals surface area contributed by atoms with Gasteiger partial charge in [-0.2, -0.15) is 0 Å². The Bertz CT molecular complexity index is 177. The fourth-order valence-electron chi connectivity index (χ4n) is 2.08. The number of ketones is 1. The lowest BCUT2D eigenvalue weighted by atomic mass is 9.80. The van der Waals surface area contributed by atoms with E-state index in [1.54, 1.807) is 0 Å². The molecule has 0 amide bonds. The molecule has 1 aliphatic rings. The van der Waals surface area contributed by atoms with Crippen molar-refractivity contribution in [1.29, 1.82) is 0 Å². The first-order valence-corrected chi connectivity index (χ1v) is 5.84. The van der Waals surface area contributed by atoms with E-state index in [1.807, 2.05) is 0 Å². The largest absolute Gasteiger partial charge is 0.381 e. The normalized spacial score (nSPS) is 28.0. The Balaban J connectivity index is 2.17. The highest BCUT2D eigenvalue weighted by atomic mass is 16.5. The molecule has 0 aromatic rings. The number of carbonyl (C=O) groups excluding carboxylic acids is 1. The average Bonchev–Trinajstić information content (AvgIpc) is 2.18. The van der Waals surface area contributed by atoms with Crippen LogP contribution in [0.1, 0.15) is 46.0 Å². The molecular formula is C12H22O2. The molecule has 1 saturated carbocycles. The van der Waals surface area contributed by atoms with Crippen LogP contribution < -0.4 is 0 Å². The third kappa shape index (κ3) is 3.79. The fourth-order valence-corrected chi connectivity index (χ4v) is 2.08. The van der Waals surface area contributed by atoms with Gasteiger partial charge >= 0.3 is 0 Å². The molecule has 2 heteroatoms. The molecule has 2 unspecified atom stereocenters. The summed E-state index contributed by atoms with van der Waals surface area (Å²) in [5, 5.41) is 0. The minimum atomic E-state index is 0.288. The van der Waals surface area contributed by atoms with Crippen molar-refractivity contribution in [2.24, 2.45) is 11.8 Å². The molecule has 2 atom stereocenters. The molecule has 2 nitrogen and oxygen atoms in total. The summed E-state index contributed by atoms with van der Waals surface area (Å²) in [5.41, 5.74) is 0. The van der Waals surface area contributed by atoms with Gasteiger partial charge in [0.2, 0.25) is 0 Å². The van der Waals surface area contributed by atoms with Gasteiger partial charge in [0.05, 0.1) is 0 Å². The van der Waals surface area contributed by atoms with Crippen molar-refractivity contribution in [2.45, 2.75) is 46.0 Å². The second-order valence-electron chi connectivity index (χ2n) is 4.44. The van der Waals surface area contributed by atoms with E-state index in [4.69, 9.17) is 4.74 Å². The molecular weight excluding hydrogens is 176 g/mol. The van der Waals surface area contributed by atoms with Gasteiger partial charge in [-0.1, -0.05) is 13.8 Å². The quantitative estimate of drug-likeness (QED) is 0.635. The zero-order chi connectivity index (χ0) is 10.4. The second-order valence-corrected chi connectivity index (χ2v) is 4.44. The van der Waals surface area contributed by atoms with Gasteiger partial charge in [-0.25, -0.2) is 0 Å². The van der Waals surface area contributed by atoms with E-state index in [0.717, 1.165) is 51.2 Å². The first-order chi connectivity index (χ1) is 6.74. The summed E-state index contributed by atoms with van der Waals surface area (Å²) in [6.45, 7) is 5.94. The van der Waals surface area contributed by atoms with Gasteiger partial charge in [-0.15, -0.1) is 0 Å². The lowest BCUT2D eigenvalue weighted by Crippen LogP contribution is -2.24. The van der Waals surface area contributed by atoms with E-state index in [0.29, 0.717) is 5.78 Å². The van der Waals surface area contributed by atoms with Crippen LogP contribution in [-0.2, 0) is 9.53 Å². The molecule has 0 radical (unpaired) electrons. The van der Waals surface area contributed by atoms with Crippen LogP contribution >= 0.6 is 0 Å². The molecule has 0 spiro atoms. The highest BCUT2D eigenvalue weighted by Crippen LogP contribution is 2.27. The van der Waals surface area contributed by atoms with E-state index in [2.05, 4.69) is 13.8 Å². The van der Waals surface area contributed by atoms with Crippen LogP contribution in [-0.4, -0.2) is 19.0 Å². The van der Waals surface area contributed by atoms with Gasteiger partial charge in [0.15, 0.2) is 0 Å². The van der Waals surface area contributed by atoms with Gasteiger partial charge in [-0.3, -0.25) is 4.79 Å². The van der Waals surface area contributed by atoms with Gasteiger partial charge in [-0.05, 0) is 31.6 Å². The van der Waals surface area contributed by atoms with Crippen molar-refractivity contribution in [3.05, 3.63) is 0 Å². The Morgan fingerprint density at radius 1 is 1.43 bits per heavy atom. The summed E-state index contributed by atoms with van der Waals surface area (Å²) in [4.78, 5) is 11.5. The van der Waals surface area contributed by atoms with Crippen LogP contribution in [0.4, 0.5) is 0 Å². The summed E-state index contributed by atoms with van der Waals surface area (Å²) in [6.07, 6.45) is 4.96. The summed E-state index contributed by atoms with van der Waals surface area (Å²) in [5.74, 6) is 1.47. The van der Waals surface area contributed by atoms with Gasteiger partial charge in [0.25, 0.3) is 0 Å². The smallest absolute Gasteiger partial charge is 0.136 e. The van der Waals surface area contributed by atoms with E-state index in [1.165, 1.54) is 0 Å². The molecule has 0 heterocycles. The van der Waals surface area contributed by atoms with Gasteiger partial charge < -0.3 is 4.74 Å². The molecule has 1 aliphatic carbocycles. The Labute approximate surface area is 87.0 Å².